The van der Waals surface area contributed by atoms with Crippen molar-refractivity contribution >= 4 is 0 Å². The molecule has 0 amide bonds. The molecule has 1 aliphatic heterocycles. The molecule has 1 heterocycles. The molecule has 0 aromatic heterocycles. The van der Waals surface area contributed by atoms with Crippen molar-refractivity contribution in [3.63, 3.8) is 0 Å². The molecule has 0 saturated heterocycles. The number of rotatable bonds is 2. The molecule has 1 aromatic rings. The Bertz CT molecular complexity index is 464. The molecule has 0 bridgehead atoms. The first-order valence-electron chi connectivity index (χ1n) is 7.05. The Hall–Kier alpha value is -1.28. The van der Waals surface area contributed by atoms with Gasteiger partial charge >= 0.3 is 0 Å². The van der Waals surface area contributed by atoms with Crippen LogP contribution in [0.1, 0.15) is 49.3 Å². The van der Waals surface area contributed by atoms with Gasteiger partial charge in [-0.1, -0.05) is 30.2 Å². The molecule has 1 aliphatic carbocycles. The summed E-state index contributed by atoms with van der Waals surface area (Å²) in [5.41, 5.74) is 10.4. The third kappa shape index (κ3) is 2.30. The van der Waals surface area contributed by atoms with Crippen LogP contribution in [-0.2, 0) is 6.42 Å². The number of hydrogen-bond acceptors (Lipinski definition) is 2. The minimum atomic E-state index is 0.0778. The molecular weight excluding hydrogens is 222 g/mol. The van der Waals surface area contributed by atoms with Crippen LogP contribution < -0.4 is 10.5 Å². The molecule has 1 aromatic carbocycles. The van der Waals surface area contributed by atoms with Crippen molar-refractivity contribution in [3.8, 4) is 5.75 Å². The average Bonchev–Trinajstić information content (AvgIpc) is 2.69. The van der Waals surface area contributed by atoms with Crippen LogP contribution in [0.25, 0.3) is 0 Å². The molecule has 2 heteroatoms. The quantitative estimate of drug-likeness (QED) is 0.807. The van der Waals surface area contributed by atoms with Crippen LogP contribution >= 0.6 is 0 Å². The van der Waals surface area contributed by atoms with Gasteiger partial charge in [-0.3, -0.25) is 0 Å². The third-order valence-electron chi connectivity index (χ3n) is 4.05. The number of nitrogens with two attached hydrogens (primary N) is 1. The van der Waals surface area contributed by atoms with Crippen molar-refractivity contribution in [2.24, 2.45) is 5.73 Å². The number of fused-ring (bicyclic) bond motifs is 1. The summed E-state index contributed by atoms with van der Waals surface area (Å²) in [5.74, 6) is 1.04. The Balaban J connectivity index is 1.83. The van der Waals surface area contributed by atoms with E-state index in [2.05, 4.69) is 24.3 Å². The summed E-state index contributed by atoms with van der Waals surface area (Å²) in [4.78, 5) is 0. The second-order valence-electron chi connectivity index (χ2n) is 5.32. The van der Waals surface area contributed by atoms with Crippen LogP contribution in [0.4, 0.5) is 0 Å². The van der Waals surface area contributed by atoms with E-state index in [1.54, 1.807) is 0 Å². The van der Waals surface area contributed by atoms with Crippen molar-refractivity contribution in [3.05, 3.63) is 41.0 Å². The zero-order chi connectivity index (χ0) is 12.4. The smallest absolute Gasteiger partial charge is 0.122 e. The van der Waals surface area contributed by atoms with Crippen LogP contribution in [0.15, 0.2) is 29.8 Å². The van der Waals surface area contributed by atoms with Crippen molar-refractivity contribution < 1.29 is 4.74 Å². The molecule has 1 unspecified atom stereocenters. The third-order valence-corrected chi connectivity index (χ3v) is 4.05. The molecule has 96 valence electrons. The maximum Gasteiger partial charge on any atom is 0.122 e. The van der Waals surface area contributed by atoms with Crippen molar-refractivity contribution in [2.75, 3.05) is 6.61 Å². The Morgan fingerprint density at radius 1 is 1.11 bits per heavy atom. The van der Waals surface area contributed by atoms with E-state index in [4.69, 9.17) is 10.5 Å². The summed E-state index contributed by atoms with van der Waals surface area (Å²) < 4.78 is 5.54. The monoisotopic (exact) mass is 243 g/mol. The minimum absolute atomic E-state index is 0.0778. The number of benzene rings is 1. The van der Waals surface area contributed by atoms with Crippen LogP contribution in [0, 0.1) is 0 Å². The Kier molecular flexibility index (Phi) is 3.37. The number of allylic oxidation sites excluding steroid dienone is 1. The van der Waals surface area contributed by atoms with E-state index in [1.807, 2.05) is 0 Å². The first-order chi connectivity index (χ1) is 8.84. The second-order valence-corrected chi connectivity index (χ2v) is 5.32. The van der Waals surface area contributed by atoms with Gasteiger partial charge < -0.3 is 10.5 Å². The van der Waals surface area contributed by atoms with Crippen LogP contribution in [0.5, 0.6) is 5.75 Å². The van der Waals surface area contributed by atoms with Crippen LogP contribution in [0.3, 0.4) is 0 Å². The minimum Gasteiger partial charge on any atom is -0.493 e. The van der Waals surface area contributed by atoms with Gasteiger partial charge in [0, 0.05) is 6.42 Å². The molecular formula is C16H21NO. The molecule has 2 nitrogen and oxygen atoms in total. The molecule has 2 aliphatic rings. The van der Waals surface area contributed by atoms with Crippen LogP contribution in [-0.4, -0.2) is 6.61 Å². The van der Waals surface area contributed by atoms with Gasteiger partial charge in [-0.05, 0) is 42.9 Å². The highest BCUT2D eigenvalue weighted by Gasteiger charge is 2.17. The molecule has 0 saturated carbocycles. The van der Waals surface area contributed by atoms with Crippen molar-refractivity contribution in [1.82, 2.24) is 0 Å². The fourth-order valence-corrected chi connectivity index (χ4v) is 2.94. The normalized spacial score (nSPS) is 20.6. The second kappa shape index (κ2) is 5.15. The molecule has 0 radical (unpaired) electrons. The topological polar surface area (TPSA) is 35.2 Å². The average molecular weight is 243 g/mol. The van der Waals surface area contributed by atoms with Gasteiger partial charge in [0.05, 0.1) is 12.6 Å². The fraction of sp³-hybridized carbons (Fsp3) is 0.500. The standard InChI is InChI=1S/C16H21NO/c17-16(12-5-3-1-2-4-6-12)14-7-8-15-13(11-14)9-10-18-15/h5,7-8,11,16H,1-4,6,9-10,17H2. The van der Waals surface area contributed by atoms with E-state index in [-0.39, 0.29) is 6.04 Å². The highest BCUT2D eigenvalue weighted by Crippen LogP contribution is 2.32. The van der Waals surface area contributed by atoms with E-state index >= 15 is 0 Å². The Morgan fingerprint density at radius 3 is 3.00 bits per heavy atom. The zero-order valence-corrected chi connectivity index (χ0v) is 10.8. The highest BCUT2D eigenvalue weighted by molar-refractivity contribution is 5.42. The van der Waals surface area contributed by atoms with Gasteiger partial charge in [0.15, 0.2) is 0 Å². The molecule has 0 fully saturated rings. The molecule has 2 N–H and O–H groups in total. The number of hydrogen-bond donors (Lipinski definition) is 1. The van der Waals surface area contributed by atoms with Gasteiger partial charge in [-0.15, -0.1) is 0 Å². The van der Waals surface area contributed by atoms with Gasteiger partial charge in [0.2, 0.25) is 0 Å². The number of ether oxygens (including phenoxy) is 1. The van der Waals surface area contributed by atoms with Gasteiger partial charge in [0.1, 0.15) is 5.75 Å². The molecule has 3 rings (SSSR count). The largest absolute Gasteiger partial charge is 0.493 e. The van der Waals surface area contributed by atoms with Gasteiger partial charge in [-0.2, -0.15) is 0 Å². The summed E-state index contributed by atoms with van der Waals surface area (Å²) in [6.07, 6.45) is 9.68. The SMILES string of the molecule is NC(C1=CCCCCC1)c1ccc2c(c1)CCO2. The maximum absolute atomic E-state index is 6.42. The van der Waals surface area contributed by atoms with E-state index in [9.17, 15) is 0 Å². The van der Waals surface area contributed by atoms with E-state index in [1.165, 1.54) is 42.4 Å². The van der Waals surface area contributed by atoms with Gasteiger partial charge in [0.25, 0.3) is 0 Å². The molecule has 1 atom stereocenters. The first-order valence-corrected chi connectivity index (χ1v) is 7.05. The van der Waals surface area contributed by atoms with Crippen molar-refractivity contribution in [2.45, 2.75) is 44.6 Å². The summed E-state index contributed by atoms with van der Waals surface area (Å²) in [6.45, 7) is 0.816. The molecule has 18 heavy (non-hydrogen) atoms. The Morgan fingerprint density at radius 2 is 2.06 bits per heavy atom. The Labute approximate surface area is 109 Å². The predicted molar refractivity (Wildman–Crippen MR) is 73.7 cm³/mol. The summed E-state index contributed by atoms with van der Waals surface area (Å²) in [6, 6.07) is 6.52. The zero-order valence-electron chi connectivity index (χ0n) is 10.8. The van der Waals surface area contributed by atoms with E-state index < -0.39 is 0 Å². The lowest BCUT2D eigenvalue weighted by molar-refractivity contribution is 0.357. The lowest BCUT2D eigenvalue weighted by Gasteiger charge is -2.16. The fourth-order valence-electron chi connectivity index (χ4n) is 2.94. The van der Waals surface area contributed by atoms with E-state index in [0.717, 1.165) is 25.2 Å². The van der Waals surface area contributed by atoms with Crippen LogP contribution in [0.2, 0.25) is 0 Å². The lowest BCUT2D eigenvalue weighted by atomic mass is 9.94. The summed E-state index contributed by atoms with van der Waals surface area (Å²) in [5, 5.41) is 0. The predicted octanol–water partition coefficient (Wildman–Crippen LogP) is 3.51. The molecule has 0 spiro atoms. The summed E-state index contributed by atoms with van der Waals surface area (Å²) >= 11 is 0. The highest BCUT2D eigenvalue weighted by atomic mass is 16.5. The first kappa shape index (κ1) is 11.8. The van der Waals surface area contributed by atoms with Crippen molar-refractivity contribution in [1.29, 1.82) is 0 Å². The lowest BCUT2D eigenvalue weighted by Crippen LogP contribution is -2.13. The summed E-state index contributed by atoms with van der Waals surface area (Å²) in [7, 11) is 0. The van der Waals surface area contributed by atoms with Gasteiger partial charge in [-0.25, -0.2) is 0 Å². The van der Waals surface area contributed by atoms with E-state index in [0.29, 0.717) is 0 Å². The maximum atomic E-state index is 6.42.